The van der Waals surface area contributed by atoms with E-state index in [4.69, 9.17) is 9.47 Å². The van der Waals surface area contributed by atoms with Crippen LogP contribution >= 0.6 is 0 Å². The summed E-state index contributed by atoms with van der Waals surface area (Å²) < 4.78 is 10.6. The van der Waals surface area contributed by atoms with Crippen LogP contribution in [0.2, 0.25) is 0 Å². The molecular weight excluding hydrogens is 204 g/mol. The van der Waals surface area contributed by atoms with Crippen LogP contribution in [0.4, 0.5) is 0 Å². The molecule has 1 aliphatic rings. The number of carbonyl (C=O) groups is 1. The molecule has 0 saturated heterocycles. The van der Waals surface area contributed by atoms with Gasteiger partial charge in [0.15, 0.2) is 0 Å². The maximum Gasteiger partial charge on any atom is 0.338 e. The molecule has 1 aliphatic heterocycles. The molecule has 0 saturated carbocycles. The van der Waals surface area contributed by atoms with Gasteiger partial charge in [0.2, 0.25) is 0 Å². The molecule has 86 valence electrons. The lowest BCUT2D eigenvalue weighted by molar-refractivity contribution is 0.0599. The van der Waals surface area contributed by atoms with Crippen molar-refractivity contribution in [1.29, 1.82) is 0 Å². The van der Waals surface area contributed by atoms with Crippen molar-refractivity contribution >= 4 is 5.97 Å². The Kier molecular flexibility index (Phi) is 2.41. The number of rotatable bonds is 1. The molecule has 0 fully saturated rings. The number of methoxy groups -OCH3 is 1. The Morgan fingerprint density at radius 1 is 1.44 bits per heavy atom. The van der Waals surface area contributed by atoms with Crippen LogP contribution in [0.5, 0.6) is 5.75 Å². The smallest absolute Gasteiger partial charge is 0.338 e. The van der Waals surface area contributed by atoms with Crippen LogP contribution in [-0.4, -0.2) is 18.7 Å². The molecule has 0 aromatic heterocycles. The molecule has 0 atom stereocenters. The first-order chi connectivity index (χ1) is 7.43. The van der Waals surface area contributed by atoms with E-state index in [1.165, 1.54) is 7.11 Å². The average Bonchev–Trinajstić information content (AvgIpc) is 2.49. The summed E-state index contributed by atoms with van der Waals surface area (Å²) in [4.78, 5) is 11.7. The molecule has 3 nitrogen and oxygen atoms in total. The third-order valence-electron chi connectivity index (χ3n) is 2.75. The van der Waals surface area contributed by atoms with Gasteiger partial charge in [0.25, 0.3) is 0 Å². The minimum atomic E-state index is -0.291. The minimum Gasteiger partial charge on any atom is -0.487 e. The number of carbonyl (C=O) groups excluding carboxylic acids is 1. The SMILES string of the molecule is COC(=O)c1cc(C)cc2c1CC(C)(C)O2. The molecule has 1 heterocycles. The summed E-state index contributed by atoms with van der Waals surface area (Å²) in [5, 5.41) is 0. The van der Waals surface area contributed by atoms with Crippen molar-refractivity contribution in [2.45, 2.75) is 32.8 Å². The van der Waals surface area contributed by atoms with E-state index in [9.17, 15) is 4.79 Å². The maximum absolute atomic E-state index is 11.7. The summed E-state index contributed by atoms with van der Waals surface area (Å²) in [5.41, 5.74) is 2.36. The zero-order valence-corrected chi connectivity index (χ0v) is 10.1. The summed E-state index contributed by atoms with van der Waals surface area (Å²) in [7, 11) is 1.40. The van der Waals surface area contributed by atoms with Gasteiger partial charge < -0.3 is 9.47 Å². The number of hydrogen-bond acceptors (Lipinski definition) is 3. The highest BCUT2D eigenvalue weighted by Crippen LogP contribution is 2.38. The van der Waals surface area contributed by atoms with Crippen LogP contribution in [0, 0.1) is 6.92 Å². The first-order valence-electron chi connectivity index (χ1n) is 5.34. The molecule has 16 heavy (non-hydrogen) atoms. The number of benzene rings is 1. The third-order valence-corrected chi connectivity index (χ3v) is 2.75. The summed E-state index contributed by atoms with van der Waals surface area (Å²) in [6.07, 6.45) is 0.743. The van der Waals surface area contributed by atoms with Crippen molar-refractivity contribution in [2.75, 3.05) is 7.11 Å². The average molecular weight is 220 g/mol. The Balaban J connectivity index is 2.53. The maximum atomic E-state index is 11.7. The monoisotopic (exact) mass is 220 g/mol. The topological polar surface area (TPSA) is 35.5 Å². The van der Waals surface area contributed by atoms with Gasteiger partial charge in [0, 0.05) is 12.0 Å². The fourth-order valence-corrected chi connectivity index (χ4v) is 2.11. The van der Waals surface area contributed by atoms with Crippen molar-refractivity contribution in [1.82, 2.24) is 0 Å². The van der Waals surface area contributed by atoms with Crippen LogP contribution < -0.4 is 4.74 Å². The summed E-state index contributed by atoms with van der Waals surface area (Å²) in [5.74, 6) is 0.520. The third kappa shape index (κ3) is 1.77. The highest BCUT2D eigenvalue weighted by molar-refractivity contribution is 5.92. The van der Waals surface area contributed by atoms with Crippen molar-refractivity contribution < 1.29 is 14.3 Å². The zero-order valence-electron chi connectivity index (χ0n) is 10.1. The number of ether oxygens (including phenoxy) is 2. The van der Waals surface area contributed by atoms with Crippen LogP contribution in [-0.2, 0) is 11.2 Å². The lowest BCUT2D eigenvalue weighted by Crippen LogP contribution is -2.25. The van der Waals surface area contributed by atoms with E-state index in [0.717, 1.165) is 23.3 Å². The van der Waals surface area contributed by atoms with Gasteiger partial charge in [-0.25, -0.2) is 4.79 Å². The van der Waals surface area contributed by atoms with Gasteiger partial charge in [-0.1, -0.05) is 0 Å². The van der Waals surface area contributed by atoms with E-state index < -0.39 is 0 Å². The number of aryl methyl sites for hydroxylation is 1. The van der Waals surface area contributed by atoms with Crippen molar-refractivity contribution in [3.63, 3.8) is 0 Å². The lowest BCUT2D eigenvalue weighted by Gasteiger charge is -2.16. The largest absolute Gasteiger partial charge is 0.487 e. The molecule has 0 aliphatic carbocycles. The summed E-state index contributed by atoms with van der Waals surface area (Å²) >= 11 is 0. The van der Waals surface area contributed by atoms with E-state index in [1.54, 1.807) is 0 Å². The molecule has 1 aromatic rings. The molecule has 1 aromatic carbocycles. The second-order valence-electron chi connectivity index (χ2n) is 4.82. The van der Waals surface area contributed by atoms with Gasteiger partial charge in [-0.15, -0.1) is 0 Å². The second kappa shape index (κ2) is 3.51. The predicted octanol–water partition coefficient (Wildman–Crippen LogP) is 2.50. The Morgan fingerprint density at radius 2 is 2.12 bits per heavy atom. The number of hydrogen-bond donors (Lipinski definition) is 0. The highest BCUT2D eigenvalue weighted by atomic mass is 16.5. The van der Waals surface area contributed by atoms with Gasteiger partial charge in [-0.2, -0.15) is 0 Å². The molecule has 0 spiro atoms. The van der Waals surface area contributed by atoms with Gasteiger partial charge in [0.1, 0.15) is 11.4 Å². The second-order valence-corrected chi connectivity index (χ2v) is 4.82. The molecular formula is C13H16O3. The van der Waals surface area contributed by atoms with E-state index in [1.807, 2.05) is 32.9 Å². The highest BCUT2D eigenvalue weighted by Gasteiger charge is 2.33. The Morgan fingerprint density at radius 3 is 2.75 bits per heavy atom. The van der Waals surface area contributed by atoms with Crippen LogP contribution in [0.15, 0.2) is 12.1 Å². The molecule has 0 N–H and O–H groups in total. The molecule has 0 bridgehead atoms. The van der Waals surface area contributed by atoms with Crippen molar-refractivity contribution in [2.24, 2.45) is 0 Å². The normalized spacial score (nSPS) is 16.5. The molecule has 2 rings (SSSR count). The van der Waals surface area contributed by atoms with Crippen LogP contribution in [0.1, 0.15) is 35.3 Å². The fraction of sp³-hybridized carbons (Fsp3) is 0.462. The van der Waals surface area contributed by atoms with E-state index in [0.29, 0.717) is 5.56 Å². The van der Waals surface area contributed by atoms with Gasteiger partial charge in [0.05, 0.1) is 12.7 Å². The van der Waals surface area contributed by atoms with Gasteiger partial charge in [-0.3, -0.25) is 0 Å². The minimum absolute atomic E-state index is 0.237. The van der Waals surface area contributed by atoms with Crippen molar-refractivity contribution in [3.8, 4) is 5.75 Å². The van der Waals surface area contributed by atoms with E-state index in [2.05, 4.69) is 0 Å². The standard InChI is InChI=1S/C13H16O3/c1-8-5-9(12(14)15-4)10-7-13(2,3)16-11(10)6-8/h5-6H,7H2,1-4H3. The predicted molar refractivity (Wildman–Crippen MR) is 60.9 cm³/mol. The zero-order chi connectivity index (χ0) is 11.9. The number of fused-ring (bicyclic) bond motifs is 1. The first kappa shape index (κ1) is 11.0. The van der Waals surface area contributed by atoms with Crippen molar-refractivity contribution in [3.05, 3.63) is 28.8 Å². The molecule has 3 heteroatoms. The quantitative estimate of drug-likeness (QED) is 0.682. The number of esters is 1. The Labute approximate surface area is 95.4 Å². The Hall–Kier alpha value is -1.51. The van der Waals surface area contributed by atoms with E-state index in [-0.39, 0.29) is 11.6 Å². The first-order valence-corrected chi connectivity index (χ1v) is 5.34. The fourth-order valence-electron chi connectivity index (χ4n) is 2.11. The molecule has 0 radical (unpaired) electrons. The van der Waals surface area contributed by atoms with Crippen LogP contribution in [0.3, 0.4) is 0 Å². The summed E-state index contributed by atoms with van der Waals surface area (Å²) in [6.45, 7) is 5.98. The van der Waals surface area contributed by atoms with Gasteiger partial charge >= 0.3 is 5.97 Å². The Bertz CT molecular complexity index is 447. The molecule has 0 amide bonds. The molecule has 0 unspecified atom stereocenters. The summed E-state index contributed by atoms with van der Waals surface area (Å²) in [6, 6.07) is 3.83. The van der Waals surface area contributed by atoms with Gasteiger partial charge in [-0.05, 0) is 38.5 Å². The van der Waals surface area contributed by atoms with Crippen LogP contribution in [0.25, 0.3) is 0 Å². The lowest BCUT2D eigenvalue weighted by atomic mass is 9.96. The van der Waals surface area contributed by atoms with E-state index >= 15 is 0 Å².